The molecule has 0 heterocycles. The molecule has 0 aromatic heterocycles. The molecule has 0 atom stereocenters. The molecule has 0 aromatic carbocycles. The van der Waals surface area contributed by atoms with E-state index in [0.717, 1.165) is 12.3 Å². The first-order valence-corrected chi connectivity index (χ1v) is 6.50. The van der Waals surface area contributed by atoms with Crippen molar-refractivity contribution in [3.05, 3.63) is 11.6 Å². The minimum absolute atomic E-state index is 0.158. The zero-order valence-corrected chi connectivity index (χ0v) is 11.6. The summed E-state index contributed by atoms with van der Waals surface area (Å²) in [7, 11) is 0. The standard InChI is InChI=1S/C14H28O2/c1-6-15-14(16-7-2)11-13(5)10-8-9-12(3)4/h11-12,14H,6-10H2,1-5H3. The third-order valence-corrected chi connectivity index (χ3v) is 2.44. The maximum Gasteiger partial charge on any atom is 0.177 e. The minimum Gasteiger partial charge on any atom is -0.349 e. The van der Waals surface area contributed by atoms with Gasteiger partial charge in [0.05, 0.1) is 0 Å². The van der Waals surface area contributed by atoms with Crippen molar-refractivity contribution in [3.8, 4) is 0 Å². The monoisotopic (exact) mass is 228 g/mol. The van der Waals surface area contributed by atoms with E-state index in [0.29, 0.717) is 13.2 Å². The molecule has 0 saturated heterocycles. The molecule has 0 fully saturated rings. The fraction of sp³-hybridized carbons (Fsp3) is 0.857. The van der Waals surface area contributed by atoms with Gasteiger partial charge in [-0.2, -0.15) is 0 Å². The van der Waals surface area contributed by atoms with E-state index in [9.17, 15) is 0 Å². The van der Waals surface area contributed by atoms with Gasteiger partial charge in [-0.25, -0.2) is 0 Å². The lowest BCUT2D eigenvalue weighted by Gasteiger charge is -2.14. The van der Waals surface area contributed by atoms with E-state index < -0.39 is 0 Å². The second kappa shape index (κ2) is 9.86. The van der Waals surface area contributed by atoms with Gasteiger partial charge in [0, 0.05) is 13.2 Å². The average Bonchev–Trinajstić information content (AvgIpc) is 2.17. The summed E-state index contributed by atoms with van der Waals surface area (Å²) in [6.45, 7) is 12.1. The van der Waals surface area contributed by atoms with Crippen LogP contribution < -0.4 is 0 Å². The van der Waals surface area contributed by atoms with Crippen molar-refractivity contribution in [1.29, 1.82) is 0 Å². The van der Waals surface area contributed by atoms with Crippen molar-refractivity contribution in [2.24, 2.45) is 5.92 Å². The summed E-state index contributed by atoms with van der Waals surface area (Å²) in [5.74, 6) is 0.794. The first-order chi connectivity index (χ1) is 7.60. The molecule has 0 radical (unpaired) electrons. The van der Waals surface area contributed by atoms with Crippen molar-refractivity contribution in [2.75, 3.05) is 13.2 Å². The number of ether oxygens (including phenoxy) is 2. The molecule has 0 aromatic rings. The average molecular weight is 228 g/mol. The fourth-order valence-electron chi connectivity index (χ4n) is 1.58. The van der Waals surface area contributed by atoms with Crippen LogP contribution in [0.5, 0.6) is 0 Å². The summed E-state index contributed by atoms with van der Waals surface area (Å²) in [6.07, 6.45) is 5.64. The van der Waals surface area contributed by atoms with Gasteiger partial charge < -0.3 is 9.47 Å². The molecule has 2 nitrogen and oxygen atoms in total. The Bertz CT molecular complexity index is 179. The van der Waals surface area contributed by atoms with Gasteiger partial charge in [-0.15, -0.1) is 0 Å². The Hall–Kier alpha value is -0.340. The molecule has 0 saturated carbocycles. The van der Waals surface area contributed by atoms with E-state index in [4.69, 9.17) is 9.47 Å². The van der Waals surface area contributed by atoms with Crippen LogP contribution in [0.15, 0.2) is 11.6 Å². The largest absolute Gasteiger partial charge is 0.349 e. The fourth-order valence-corrected chi connectivity index (χ4v) is 1.58. The summed E-state index contributed by atoms with van der Waals surface area (Å²) >= 11 is 0. The van der Waals surface area contributed by atoms with Crippen LogP contribution in [0.2, 0.25) is 0 Å². The van der Waals surface area contributed by atoms with Crippen LogP contribution in [-0.2, 0) is 9.47 Å². The number of hydrogen-bond acceptors (Lipinski definition) is 2. The lowest BCUT2D eigenvalue weighted by atomic mass is 10.0. The first-order valence-electron chi connectivity index (χ1n) is 6.50. The van der Waals surface area contributed by atoms with Crippen LogP contribution in [0, 0.1) is 5.92 Å². The Morgan fingerprint density at radius 3 is 2.12 bits per heavy atom. The van der Waals surface area contributed by atoms with Crippen molar-refractivity contribution in [3.63, 3.8) is 0 Å². The van der Waals surface area contributed by atoms with Crippen molar-refractivity contribution in [1.82, 2.24) is 0 Å². The maximum atomic E-state index is 5.48. The van der Waals surface area contributed by atoms with Crippen LogP contribution in [0.1, 0.15) is 53.9 Å². The topological polar surface area (TPSA) is 18.5 Å². The minimum atomic E-state index is -0.158. The highest BCUT2D eigenvalue weighted by atomic mass is 16.7. The van der Waals surface area contributed by atoms with Gasteiger partial charge in [0.2, 0.25) is 0 Å². The molecule has 0 N–H and O–H groups in total. The maximum absolute atomic E-state index is 5.48. The summed E-state index contributed by atoms with van der Waals surface area (Å²) in [6, 6.07) is 0. The summed E-state index contributed by atoms with van der Waals surface area (Å²) in [5, 5.41) is 0. The lowest BCUT2D eigenvalue weighted by Crippen LogP contribution is -2.14. The highest BCUT2D eigenvalue weighted by Gasteiger charge is 2.04. The second-order valence-electron chi connectivity index (χ2n) is 4.58. The molecule has 0 amide bonds. The van der Waals surface area contributed by atoms with Gasteiger partial charge in [0.25, 0.3) is 0 Å². The van der Waals surface area contributed by atoms with Gasteiger partial charge in [-0.1, -0.05) is 25.8 Å². The van der Waals surface area contributed by atoms with E-state index in [1.807, 2.05) is 13.8 Å². The van der Waals surface area contributed by atoms with Crippen LogP contribution in [0.25, 0.3) is 0 Å². The lowest BCUT2D eigenvalue weighted by molar-refractivity contribution is -0.104. The number of allylic oxidation sites excluding steroid dienone is 1. The zero-order valence-electron chi connectivity index (χ0n) is 11.6. The van der Waals surface area contributed by atoms with Gasteiger partial charge >= 0.3 is 0 Å². The van der Waals surface area contributed by atoms with Crippen molar-refractivity contribution in [2.45, 2.75) is 60.2 Å². The Balaban J connectivity index is 3.94. The van der Waals surface area contributed by atoms with Crippen LogP contribution >= 0.6 is 0 Å². The van der Waals surface area contributed by atoms with Gasteiger partial charge in [0.15, 0.2) is 6.29 Å². The third-order valence-electron chi connectivity index (χ3n) is 2.44. The van der Waals surface area contributed by atoms with Gasteiger partial charge in [0.1, 0.15) is 0 Å². The predicted octanol–water partition coefficient (Wildman–Crippen LogP) is 4.16. The van der Waals surface area contributed by atoms with Crippen molar-refractivity contribution < 1.29 is 9.47 Å². The quantitative estimate of drug-likeness (QED) is 0.436. The molecular formula is C14H28O2. The van der Waals surface area contributed by atoms with Gasteiger partial charge in [-0.3, -0.25) is 0 Å². The highest BCUT2D eigenvalue weighted by Crippen LogP contribution is 2.13. The molecule has 0 bridgehead atoms. The zero-order chi connectivity index (χ0) is 12.4. The first kappa shape index (κ1) is 15.7. The molecule has 0 aliphatic heterocycles. The molecule has 0 spiro atoms. The molecule has 0 aliphatic carbocycles. The normalized spacial score (nSPS) is 12.8. The van der Waals surface area contributed by atoms with E-state index in [-0.39, 0.29) is 6.29 Å². The summed E-state index contributed by atoms with van der Waals surface area (Å²) in [4.78, 5) is 0. The van der Waals surface area contributed by atoms with E-state index >= 15 is 0 Å². The SMILES string of the molecule is CCOC(C=C(C)CCCC(C)C)OCC. The van der Waals surface area contributed by atoms with Crippen LogP contribution in [0.4, 0.5) is 0 Å². The predicted molar refractivity (Wildman–Crippen MR) is 69.5 cm³/mol. The second-order valence-corrected chi connectivity index (χ2v) is 4.58. The molecule has 2 heteroatoms. The van der Waals surface area contributed by atoms with E-state index in [1.54, 1.807) is 0 Å². The molecule has 0 unspecified atom stereocenters. The summed E-state index contributed by atoms with van der Waals surface area (Å²) in [5.41, 5.74) is 1.37. The van der Waals surface area contributed by atoms with Crippen LogP contribution in [-0.4, -0.2) is 19.5 Å². The Morgan fingerprint density at radius 2 is 1.69 bits per heavy atom. The highest BCUT2D eigenvalue weighted by molar-refractivity contribution is 4.99. The van der Waals surface area contributed by atoms with Crippen LogP contribution in [0.3, 0.4) is 0 Å². The smallest absolute Gasteiger partial charge is 0.177 e. The molecular weight excluding hydrogens is 200 g/mol. The Labute approximate surface area is 101 Å². The van der Waals surface area contributed by atoms with Gasteiger partial charge in [-0.05, 0) is 45.6 Å². The Morgan fingerprint density at radius 1 is 1.12 bits per heavy atom. The van der Waals surface area contributed by atoms with E-state index in [2.05, 4.69) is 26.8 Å². The number of hydrogen-bond donors (Lipinski definition) is 0. The molecule has 16 heavy (non-hydrogen) atoms. The third kappa shape index (κ3) is 8.93. The molecule has 0 aliphatic rings. The molecule has 0 rings (SSSR count). The van der Waals surface area contributed by atoms with E-state index in [1.165, 1.54) is 18.4 Å². The Kier molecular flexibility index (Phi) is 9.65. The van der Waals surface area contributed by atoms with Crippen molar-refractivity contribution >= 4 is 0 Å². The molecule has 96 valence electrons. The summed E-state index contributed by atoms with van der Waals surface area (Å²) < 4.78 is 11.0. The number of rotatable bonds is 9.